The van der Waals surface area contributed by atoms with Gasteiger partial charge in [-0.2, -0.15) is 0 Å². The van der Waals surface area contributed by atoms with Crippen molar-refractivity contribution in [1.82, 2.24) is 0 Å². The van der Waals surface area contributed by atoms with Gasteiger partial charge in [-0.1, -0.05) is 18.2 Å². The standard InChI is InChI=1S/C17H15NO4/c1-9(19)14-12(10-3-5-11(22-2)6-4-10)7-8-13-15(14)16(20)17(21)18-13/h3-9,19H,1-2H3,(H,18,20,21). The highest BCUT2D eigenvalue weighted by atomic mass is 16.5. The maximum atomic E-state index is 12.1. The Labute approximate surface area is 127 Å². The van der Waals surface area contributed by atoms with E-state index >= 15 is 0 Å². The van der Waals surface area contributed by atoms with Crippen LogP contribution in [0.15, 0.2) is 36.4 Å². The molecule has 2 N–H and O–H groups in total. The van der Waals surface area contributed by atoms with Crippen molar-refractivity contribution in [1.29, 1.82) is 0 Å². The lowest BCUT2D eigenvalue weighted by Gasteiger charge is -2.16. The van der Waals surface area contributed by atoms with Crippen LogP contribution in [0.4, 0.5) is 5.69 Å². The normalized spacial score (nSPS) is 14.5. The number of nitrogens with one attached hydrogen (secondary N) is 1. The quantitative estimate of drug-likeness (QED) is 0.854. The van der Waals surface area contributed by atoms with Gasteiger partial charge in [0.15, 0.2) is 0 Å². The Hall–Kier alpha value is -2.66. The van der Waals surface area contributed by atoms with E-state index in [0.29, 0.717) is 11.3 Å². The van der Waals surface area contributed by atoms with Gasteiger partial charge in [0.2, 0.25) is 0 Å². The topological polar surface area (TPSA) is 75.6 Å². The SMILES string of the molecule is COc1ccc(-c2ccc3c(c2C(C)O)C(=O)C(=O)N3)cc1. The zero-order valence-corrected chi connectivity index (χ0v) is 12.2. The average Bonchev–Trinajstić information content (AvgIpc) is 2.81. The van der Waals surface area contributed by atoms with Gasteiger partial charge in [0.1, 0.15) is 5.75 Å². The van der Waals surface area contributed by atoms with Crippen LogP contribution in [0.5, 0.6) is 5.75 Å². The molecule has 1 atom stereocenters. The number of methoxy groups -OCH3 is 1. The van der Waals surface area contributed by atoms with Crippen LogP contribution in [0, 0.1) is 0 Å². The molecule has 0 bridgehead atoms. The Kier molecular flexibility index (Phi) is 3.42. The second kappa shape index (κ2) is 5.27. The fraction of sp³-hybridized carbons (Fsp3) is 0.176. The van der Waals surface area contributed by atoms with Crippen molar-refractivity contribution in [3.05, 3.63) is 47.5 Å². The number of carbonyl (C=O) groups is 2. The van der Waals surface area contributed by atoms with Crippen LogP contribution < -0.4 is 10.1 Å². The van der Waals surface area contributed by atoms with Crippen LogP contribution in [0.25, 0.3) is 11.1 Å². The molecular formula is C17H15NO4. The number of rotatable bonds is 3. The van der Waals surface area contributed by atoms with Gasteiger partial charge in [-0.3, -0.25) is 9.59 Å². The molecule has 2 aromatic carbocycles. The van der Waals surface area contributed by atoms with E-state index in [4.69, 9.17) is 4.74 Å². The molecule has 0 spiro atoms. The molecule has 0 radical (unpaired) electrons. The number of hydrogen-bond donors (Lipinski definition) is 2. The Morgan fingerprint density at radius 1 is 1.09 bits per heavy atom. The molecule has 1 heterocycles. The number of carbonyl (C=O) groups excluding carboxylic acids is 2. The van der Waals surface area contributed by atoms with Gasteiger partial charge in [0, 0.05) is 5.56 Å². The van der Waals surface area contributed by atoms with Crippen molar-refractivity contribution in [2.75, 3.05) is 12.4 Å². The van der Waals surface area contributed by atoms with Gasteiger partial charge in [-0.05, 0) is 36.2 Å². The molecular weight excluding hydrogens is 282 g/mol. The number of amides is 1. The highest BCUT2D eigenvalue weighted by molar-refractivity contribution is 6.52. The number of aliphatic hydroxyl groups excluding tert-OH is 1. The molecule has 2 aromatic rings. The summed E-state index contributed by atoms with van der Waals surface area (Å²) in [7, 11) is 1.58. The lowest BCUT2D eigenvalue weighted by molar-refractivity contribution is -0.112. The molecule has 0 saturated heterocycles. The summed E-state index contributed by atoms with van der Waals surface area (Å²) in [6.07, 6.45) is -0.872. The second-order valence-electron chi connectivity index (χ2n) is 5.14. The summed E-state index contributed by atoms with van der Waals surface area (Å²) in [5, 5.41) is 12.6. The summed E-state index contributed by atoms with van der Waals surface area (Å²) in [6.45, 7) is 1.58. The molecule has 1 unspecified atom stereocenters. The van der Waals surface area contributed by atoms with Crippen LogP contribution in [0.1, 0.15) is 28.9 Å². The van der Waals surface area contributed by atoms with Crippen LogP contribution in [0.3, 0.4) is 0 Å². The number of aliphatic hydroxyl groups is 1. The van der Waals surface area contributed by atoms with Gasteiger partial charge < -0.3 is 15.2 Å². The smallest absolute Gasteiger partial charge is 0.296 e. The fourth-order valence-corrected chi connectivity index (χ4v) is 2.72. The van der Waals surface area contributed by atoms with Gasteiger partial charge in [0.05, 0.1) is 24.5 Å². The van der Waals surface area contributed by atoms with Gasteiger partial charge in [-0.15, -0.1) is 0 Å². The molecule has 1 aliphatic heterocycles. The van der Waals surface area contributed by atoms with Gasteiger partial charge >= 0.3 is 0 Å². The van der Waals surface area contributed by atoms with Crippen LogP contribution >= 0.6 is 0 Å². The maximum Gasteiger partial charge on any atom is 0.296 e. The first-order valence-electron chi connectivity index (χ1n) is 6.88. The molecule has 0 fully saturated rings. The molecule has 0 saturated carbocycles. The van der Waals surface area contributed by atoms with Crippen LogP contribution in [0.2, 0.25) is 0 Å². The third-order valence-corrected chi connectivity index (χ3v) is 3.75. The Morgan fingerprint density at radius 2 is 1.77 bits per heavy atom. The van der Waals surface area contributed by atoms with Crippen molar-refractivity contribution in [2.45, 2.75) is 13.0 Å². The minimum absolute atomic E-state index is 0.258. The Morgan fingerprint density at radius 3 is 2.36 bits per heavy atom. The van der Waals surface area contributed by atoms with Crippen LogP contribution in [-0.2, 0) is 4.79 Å². The van der Waals surface area contributed by atoms with E-state index in [1.54, 1.807) is 38.3 Å². The number of hydrogen-bond acceptors (Lipinski definition) is 4. The number of Topliss-reactive ketones (excluding diaryl/α,β-unsaturated/α-hetero) is 1. The molecule has 5 nitrogen and oxygen atoms in total. The summed E-state index contributed by atoms with van der Waals surface area (Å²) in [5.41, 5.74) is 2.73. The zero-order chi connectivity index (χ0) is 15.9. The first-order chi connectivity index (χ1) is 10.5. The van der Waals surface area contributed by atoms with E-state index in [-0.39, 0.29) is 5.56 Å². The Bertz CT molecular complexity index is 763. The van der Waals surface area contributed by atoms with E-state index in [1.165, 1.54) is 0 Å². The van der Waals surface area contributed by atoms with Gasteiger partial charge in [-0.25, -0.2) is 0 Å². The number of ketones is 1. The van der Waals surface area contributed by atoms with E-state index < -0.39 is 17.8 Å². The highest BCUT2D eigenvalue weighted by Gasteiger charge is 2.33. The second-order valence-corrected chi connectivity index (χ2v) is 5.14. The molecule has 1 amide bonds. The lowest BCUT2D eigenvalue weighted by Crippen LogP contribution is -2.14. The lowest BCUT2D eigenvalue weighted by atomic mass is 9.90. The monoisotopic (exact) mass is 297 g/mol. The molecule has 22 heavy (non-hydrogen) atoms. The molecule has 0 aromatic heterocycles. The summed E-state index contributed by atoms with van der Waals surface area (Å²) in [6, 6.07) is 10.8. The fourth-order valence-electron chi connectivity index (χ4n) is 2.72. The summed E-state index contributed by atoms with van der Waals surface area (Å²) < 4.78 is 5.13. The third-order valence-electron chi connectivity index (χ3n) is 3.75. The van der Waals surface area contributed by atoms with Crippen molar-refractivity contribution in [3.63, 3.8) is 0 Å². The molecule has 1 aliphatic rings. The number of fused-ring (bicyclic) bond motifs is 1. The first-order valence-corrected chi connectivity index (χ1v) is 6.88. The average molecular weight is 297 g/mol. The van der Waals surface area contributed by atoms with Crippen molar-refractivity contribution in [3.8, 4) is 16.9 Å². The summed E-state index contributed by atoms with van der Waals surface area (Å²) in [4.78, 5) is 23.6. The predicted octanol–water partition coefficient (Wildman–Crippen LogP) is 2.55. The number of benzene rings is 2. The first kappa shape index (κ1) is 14.3. The summed E-state index contributed by atoms with van der Waals surface area (Å²) >= 11 is 0. The summed E-state index contributed by atoms with van der Waals surface area (Å²) in [5.74, 6) is -0.554. The van der Waals surface area contributed by atoms with Crippen molar-refractivity contribution >= 4 is 17.4 Å². The van der Waals surface area contributed by atoms with E-state index in [1.807, 2.05) is 12.1 Å². The van der Waals surface area contributed by atoms with Crippen molar-refractivity contribution in [2.24, 2.45) is 0 Å². The van der Waals surface area contributed by atoms with Crippen LogP contribution in [-0.4, -0.2) is 23.9 Å². The highest BCUT2D eigenvalue weighted by Crippen LogP contribution is 2.38. The van der Waals surface area contributed by atoms with E-state index in [0.717, 1.165) is 16.9 Å². The number of ether oxygens (including phenoxy) is 1. The van der Waals surface area contributed by atoms with E-state index in [9.17, 15) is 14.7 Å². The molecule has 3 rings (SSSR count). The minimum Gasteiger partial charge on any atom is -0.497 e. The van der Waals surface area contributed by atoms with Crippen molar-refractivity contribution < 1.29 is 19.4 Å². The Balaban J connectivity index is 2.20. The van der Waals surface area contributed by atoms with Gasteiger partial charge in [0.25, 0.3) is 11.7 Å². The predicted molar refractivity (Wildman–Crippen MR) is 82.0 cm³/mol. The third kappa shape index (κ3) is 2.16. The molecule has 5 heteroatoms. The van der Waals surface area contributed by atoms with E-state index in [2.05, 4.69) is 5.32 Å². The zero-order valence-electron chi connectivity index (χ0n) is 12.2. The molecule has 0 aliphatic carbocycles. The minimum atomic E-state index is -0.872. The maximum absolute atomic E-state index is 12.1. The molecule has 112 valence electrons. The number of anilines is 1. The largest absolute Gasteiger partial charge is 0.497 e.